The van der Waals surface area contributed by atoms with Crippen LogP contribution >= 0.6 is 0 Å². The molecule has 2 aromatic rings. The lowest BCUT2D eigenvalue weighted by Crippen LogP contribution is -2.34. The van der Waals surface area contributed by atoms with Crippen molar-refractivity contribution >= 4 is 15.9 Å². The van der Waals surface area contributed by atoms with E-state index in [4.69, 9.17) is 4.74 Å². The number of hydrogen-bond acceptors (Lipinski definition) is 4. The van der Waals surface area contributed by atoms with E-state index < -0.39 is 10.0 Å². The monoisotopic (exact) mass is 362 g/mol. The second-order valence-electron chi connectivity index (χ2n) is 5.44. The molecule has 0 aliphatic heterocycles. The van der Waals surface area contributed by atoms with Gasteiger partial charge in [-0.3, -0.25) is 4.79 Å². The Hall–Kier alpha value is -2.38. The number of hydrogen-bond donors (Lipinski definition) is 1. The van der Waals surface area contributed by atoms with Gasteiger partial charge in [-0.15, -0.1) is 0 Å². The summed E-state index contributed by atoms with van der Waals surface area (Å²) in [6.45, 7) is 0.862. The molecule has 134 valence electrons. The fourth-order valence-electron chi connectivity index (χ4n) is 2.11. The minimum Gasteiger partial charge on any atom is -0.492 e. The molecule has 25 heavy (non-hydrogen) atoms. The van der Waals surface area contributed by atoms with Crippen molar-refractivity contribution in [1.82, 2.24) is 9.62 Å². The van der Waals surface area contributed by atoms with Crippen LogP contribution in [0.2, 0.25) is 0 Å². The molecule has 1 N–H and O–H groups in total. The Morgan fingerprint density at radius 2 is 1.64 bits per heavy atom. The van der Waals surface area contributed by atoms with Gasteiger partial charge in [0.25, 0.3) is 0 Å². The highest BCUT2D eigenvalue weighted by Crippen LogP contribution is 2.08. The maximum Gasteiger partial charge on any atom is 0.240 e. The number of sulfonamides is 1. The molecule has 0 aromatic heterocycles. The first-order valence-corrected chi connectivity index (χ1v) is 9.44. The zero-order valence-electron chi connectivity index (χ0n) is 14.1. The van der Waals surface area contributed by atoms with Crippen molar-refractivity contribution in [2.75, 3.05) is 26.7 Å². The van der Waals surface area contributed by atoms with Gasteiger partial charge in [0, 0.05) is 20.0 Å². The molecule has 0 fully saturated rings. The Morgan fingerprint density at radius 3 is 2.28 bits per heavy atom. The molecular formula is C18H22N2O4S. The van der Waals surface area contributed by atoms with E-state index in [0.717, 1.165) is 5.75 Å². The van der Waals surface area contributed by atoms with E-state index in [1.807, 2.05) is 30.3 Å². The zero-order valence-corrected chi connectivity index (χ0v) is 14.9. The fourth-order valence-corrected chi connectivity index (χ4v) is 3.16. The Bertz CT molecular complexity index is 764. The topological polar surface area (TPSA) is 75.7 Å². The summed E-state index contributed by atoms with van der Waals surface area (Å²) in [4.78, 5) is 13.8. The second-order valence-corrected chi connectivity index (χ2v) is 7.20. The molecule has 0 unspecified atom stereocenters. The summed E-state index contributed by atoms with van der Waals surface area (Å²) < 4.78 is 32.1. The molecule has 0 heterocycles. The molecule has 0 aliphatic rings. The zero-order chi connectivity index (χ0) is 18.1. The fraction of sp³-hybridized carbons (Fsp3) is 0.278. The lowest BCUT2D eigenvalue weighted by Gasteiger charge is -2.17. The quantitative estimate of drug-likeness (QED) is 0.739. The first-order valence-electron chi connectivity index (χ1n) is 7.95. The van der Waals surface area contributed by atoms with E-state index in [1.54, 1.807) is 25.2 Å². The largest absolute Gasteiger partial charge is 0.492 e. The van der Waals surface area contributed by atoms with Gasteiger partial charge in [0.1, 0.15) is 12.4 Å². The van der Waals surface area contributed by atoms with Gasteiger partial charge in [-0.25, -0.2) is 13.1 Å². The summed E-state index contributed by atoms with van der Waals surface area (Å²) in [7, 11) is -1.91. The second kappa shape index (κ2) is 9.19. The minimum absolute atomic E-state index is 0.0555. The molecule has 0 radical (unpaired) electrons. The Balaban J connectivity index is 1.70. The predicted molar refractivity (Wildman–Crippen MR) is 95.8 cm³/mol. The maximum absolute atomic E-state index is 12.1. The molecule has 0 bridgehead atoms. The van der Waals surface area contributed by atoms with Gasteiger partial charge in [0.2, 0.25) is 15.9 Å². The summed E-state index contributed by atoms with van der Waals surface area (Å²) in [5.74, 6) is 0.603. The van der Waals surface area contributed by atoms with Gasteiger partial charge in [-0.05, 0) is 24.3 Å². The van der Waals surface area contributed by atoms with Gasteiger partial charge < -0.3 is 9.64 Å². The van der Waals surface area contributed by atoms with Crippen LogP contribution < -0.4 is 9.46 Å². The number of nitrogens with one attached hydrogen (secondary N) is 1. The van der Waals surface area contributed by atoms with E-state index in [-0.39, 0.29) is 23.8 Å². The normalized spacial score (nSPS) is 11.1. The van der Waals surface area contributed by atoms with Crippen molar-refractivity contribution in [3.8, 4) is 5.75 Å². The molecule has 0 saturated heterocycles. The maximum atomic E-state index is 12.1. The average molecular weight is 362 g/mol. The number of rotatable bonds is 9. The third-order valence-corrected chi connectivity index (χ3v) is 5.03. The molecule has 0 aliphatic carbocycles. The third kappa shape index (κ3) is 6.21. The molecule has 0 saturated carbocycles. The number of nitrogens with zero attached hydrogens (tertiary/aromatic N) is 1. The smallest absolute Gasteiger partial charge is 0.240 e. The van der Waals surface area contributed by atoms with Crippen molar-refractivity contribution in [3.63, 3.8) is 0 Å². The standard InChI is InChI=1S/C18H22N2O4S/c1-20(14-15-24-16-8-4-2-5-9-16)18(21)12-13-19-25(22,23)17-10-6-3-7-11-17/h2-11,19H,12-15H2,1H3. The van der Waals surface area contributed by atoms with Crippen LogP contribution in [0.15, 0.2) is 65.6 Å². The van der Waals surface area contributed by atoms with Crippen LogP contribution in [0.4, 0.5) is 0 Å². The summed E-state index contributed by atoms with van der Waals surface area (Å²) in [6.07, 6.45) is 0.0912. The highest BCUT2D eigenvalue weighted by Gasteiger charge is 2.14. The molecule has 0 spiro atoms. The minimum atomic E-state index is -3.58. The van der Waals surface area contributed by atoms with Crippen molar-refractivity contribution in [2.24, 2.45) is 0 Å². The van der Waals surface area contributed by atoms with Gasteiger partial charge in [0.05, 0.1) is 11.4 Å². The SMILES string of the molecule is CN(CCOc1ccccc1)C(=O)CCNS(=O)(=O)c1ccccc1. The summed E-state index contributed by atoms with van der Waals surface area (Å²) in [6, 6.07) is 17.4. The highest BCUT2D eigenvalue weighted by molar-refractivity contribution is 7.89. The number of carbonyl (C=O) groups is 1. The van der Waals surface area contributed by atoms with Crippen LogP contribution in [0.25, 0.3) is 0 Å². The van der Waals surface area contributed by atoms with E-state index in [9.17, 15) is 13.2 Å². The van der Waals surface area contributed by atoms with Gasteiger partial charge in [-0.2, -0.15) is 0 Å². The Kier molecular flexibility index (Phi) is 6.97. The van der Waals surface area contributed by atoms with Crippen molar-refractivity contribution in [2.45, 2.75) is 11.3 Å². The highest BCUT2D eigenvalue weighted by atomic mass is 32.2. The van der Waals surface area contributed by atoms with Crippen LogP contribution in [0.1, 0.15) is 6.42 Å². The molecule has 2 rings (SSSR count). The number of carbonyl (C=O) groups excluding carboxylic acids is 1. The number of amides is 1. The lowest BCUT2D eigenvalue weighted by atomic mass is 10.3. The number of likely N-dealkylation sites (N-methyl/N-ethyl adjacent to an activating group) is 1. The van der Waals surface area contributed by atoms with Gasteiger partial charge >= 0.3 is 0 Å². The Morgan fingerprint density at radius 1 is 1.04 bits per heavy atom. The van der Waals surface area contributed by atoms with Crippen LogP contribution in [-0.2, 0) is 14.8 Å². The van der Waals surface area contributed by atoms with Crippen LogP contribution in [-0.4, -0.2) is 46.0 Å². The molecule has 0 atom stereocenters. The van der Waals surface area contributed by atoms with Crippen LogP contribution in [0.3, 0.4) is 0 Å². The van der Waals surface area contributed by atoms with E-state index >= 15 is 0 Å². The van der Waals surface area contributed by atoms with Gasteiger partial charge in [-0.1, -0.05) is 36.4 Å². The number of para-hydroxylation sites is 1. The van der Waals surface area contributed by atoms with E-state index in [2.05, 4.69) is 4.72 Å². The predicted octanol–water partition coefficient (Wildman–Crippen LogP) is 1.89. The molecular weight excluding hydrogens is 340 g/mol. The molecule has 2 aromatic carbocycles. The number of benzene rings is 2. The first-order chi connectivity index (χ1) is 12.0. The van der Waals surface area contributed by atoms with Crippen molar-refractivity contribution < 1.29 is 17.9 Å². The van der Waals surface area contributed by atoms with Gasteiger partial charge in [0.15, 0.2) is 0 Å². The first kappa shape index (κ1) is 19.0. The lowest BCUT2D eigenvalue weighted by molar-refractivity contribution is -0.130. The van der Waals surface area contributed by atoms with E-state index in [1.165, 1.54) is 17.0 Å². The number of ether oxygens (including phenoxy) is 1. The molecule has 1 amide bonds. The summed E-state index contributed by atoms with van der Waals surface area (Å²) >= 11 is 0. The van der Waals surface area contributed by atoms with E-state index in [0.29, 0.717) is 13.2 Å². The summed E-state index contributed by atoms with van der Waals surface area (Å²) in [5, 5.41) is 0. The Labute approximate surface area is 148 Å². The van der Waals surface area contributed by atoms with Crippen molar-refractivity contribution in [3.05, 3.63) is 60.7 Å². The molecule has 7 heteroatoms. The molecule has 6 nitrogen and oxygen atoms in total. The third-order valence-electron chi connectivity index (χ3n) is 3.55. The van der Waals surface area contributed by atoms with Crippen LogP contribution in [0.5, 0.6) is 5.75 Å². The average Bonchev–Trinajstić information content (AvgIpc) is 2.63. The summed E-state index contributed by atoms with van der Waals surface area (Å²) in [5.41, 5.74) is 0. The van der Waals surface area contributed by atoms with Crippen LogP contribution in [0, 0.1) is 0 Å². The van der Waals surface area contributed by atoms with Crippen molar-refractivity contribution in [1.29, 1.82) is 0 Å².